The minimum atomic E-state index is -0.476. The molecule has 2 atom stereocenters. The lowest BCUT2D eigenvalue weighted by atomic mass is 10.1. The molecule has 0 saturated carbocycles. The van der Waals surface area contributed by atoms with Crippen LogP contribution in [0.3, 0.4) is 0 Å². The Kier molecular flexibility index (Phi) is 6.08. The van der Waals surface area contributed by atoms with Gasteiger partial charge in [-0.25, -0.2) is 0 Å². The average Bonchev–Trinajstić information content (AvgIpc) is 2.25. The molecule has 0 unspecified atom stereocenters. The largest absolute Gasteiger partial charge is 0.393 e. The van der Waals surface area contributed by atoms with E-state index < -0.39 is 12.2 Å². The summed E-state index contributed by atoms with van der Waals surface area (Å²) in [6, 6.07) is 9.93. The third-order valence-corrected chi connectivity index (χ3v) is 2.32. The van der Waals surface area contributed by atoms with Gasteiger partial charge in [0.1, 0.15) is 0 Å². The molecule has 0 aliphatic rings. The van der Waals surface area contributed by atoms with Crippen LogP contribution >= 0.6 is 0 Å². The van der Waals surface area contributed by atoms with Crippen LogP contribution in [0.2, 0.25) is 0 Å². The molecule has 3 heteroatoms. The zero-order valence-corrected chi connectivity index (χ0v) is 9.67. The minimum absolute atomic E-state index is 0.411. The van der Waals surface area contributed by atoms with Gasteiger partial charge in [0, 0.05) is 6.61 Å². The fourth-order valence-electron chi connectivity index (χ4n) is 1.50. The van der Waals surface area contributed by atoms with Gasteiger partial charge in [-0.3, -0.25) is 0 Å². The van der Waals surface area contributed by atoms with Crippen LogP contribution in [0.5, 0.6) is 0 Å². The van der Waals surface area contributed by atoms with Crippen LogP contribution in [0, 0.1) is 0 Å². The Balaban J connectivity index is 2.08. The quantitative estimate of drug-likeness (QED) is 0.693. The van der Waals surface area contributed by atoms with Crippen LogP contribution in [0.1, 0.15) is 25.3 Å². The monoisotopic (exact) mass is 224 g/mol. The van der Waals surface area contributed by atoms with Crippen molar-refractivity contribution in [3.05, 3.63) is 35.9 Å². The Labute approximate surface area is 96.7 Å². The van der Waals surface area contributed by atoms with E-state index in [-0.39, 0.29) is 0 Å². The van der Waals surface area contributed by atoms with Crippen LogP contribution in [-0.2, 0) is 11.3 Å². The van der Waals surface area contributed by atoms with Crippen molar-refractivity contribution in [1.29, 1.82) is 0 Å². The molecular formula is C13H20O3. The van der Waals surface area contributed by atoms with Crippen molar-refractivity contribution in [2.24, 2.45) is 0 Å². The molecule has 0 amide bonds. The Morgan fingerprint density at radius 1 is 1.19 bits per heavy atom. The summed E-state index contributed by atoms with van der Waals surface area (Å²) in [7, 11) is 0. The van der Waals surface area contributed by atoms with Crippen molar-refractivity contribution >= 4 is 0 Å². The van der Waals surface area contributed by atoms with Crippen LogP contribution < -0.4 is 0 Å². The van der Waals surface area contributed by atoms with E-state index in [1.54, 1.807) is 6.92 Å². The highest BCUT2D eigenvalue weighted by Gasteiger charge is 2.07. The molecule has 2 N–H and O–H groups in total. The Morgan fingerprint density at radius 2 is 1.88 bits per heavy atom. The second-order valence-corrected chi connectivity index (χ2v) is 4.07. The smallest absolute Gasteiger partial charge is 0.0716 e. The molecular weight excluding hydrogens is 204 g/mol. The highest BCUT2D eigenvalue weighted by molar-refractivity contribution is 5.13. The summed E-state index contributed by atoms with van der Waals surface area (Å²) in [4.78, 5) is 0. The van der Waals surface area contributed by atoms with Gasteiger partial charge in [-0.2, -0.15) is 0 Å². The number of benzene rings is 1. The molecule has 16 heavy (non-hydrogen) atoms. The topological polar surface area (TPSA) is 49.7 Å². The van der Waals surface area contributed by atoms with Crippen LogP contribution in [0.4, 0.5) is 0 Å². The molecule has 0 aliphatic carbocycles. The molecule has 0 radical (unpaired) electrons. The van der Waals surface area contributed by atoms with E-state index in [2.05, 4.69) is 0 Å². The van der Waals surface area contributed by atoms with E-state index in [1.165, 1.54) is 0 Å². The van der Waals surface area contributed by atoms with Crippen LogP contribution in [-0.4, -0.2) is 29.0 Å². The summed E-state index contributed by atoms with van der Waals surface area (Å²) in [6.07, 6.45) is 0.0480. The maximum absolute atomic E-state index is 9.48. The van der Waals surface area contributed by atoms with Gasteiger partial charge in [0.2, 0.25) is 0 Å². The Bertz CT molecular complexity index is 272. The highest BCUT2D eigenvalue weighted by Crippen LogP contribution is 2.04. The van der Waals surface area contributed by atoms with Gasteiger partial charge in [0.05, 0.1) is 18.8 Å². The highest BCUT2D eigenvalue weighted by atomic mass is 16.5. The first-order valence-electron chi connectivity index (χ1n) is 5.66. The molecule has 1 aromatic rings. The van der Waals surface area contributed by atoms with E-state index in [1.807, 2.05) is 30.3 Å². The van der Waals surface area contributed by atoms with Gasteiger partial charge in [0.25, 0.3) is 0 Å². The first-order chi connectivity index (χ1) is 7.68. The fourth-order valence-corrected chi connectivity index (χ4v) is 1.50. The predicted molar refractivity (Wildman–Crippen MR) is 63.0 cm³/mol. The summed E-state index contributed by atoms with van der Waals surface area (Å²) < 4.78 is 5.43. The molecule has 3 nitrogen and oxygen atoms in total. The number of ether oxygens (including phenoxy) is 1. The molecule has 90 valence electrons. The van der Waals surface area contributed by atoms with Gasteiger partial charge < -0.3 is 14.9 Å². The van der Waals surface area contributed by atoms with Crippen molar-refractivity contribution in [2.45, 2.75) is 38.6 Å². The minimum Gasteiger partial charge on any atom is -0.393 e. The third-order valence-electron chi connectivity index (χ3n) is 2.32. The first-order valence-corrected chi connectivity index (χ1v) is 5.66. The van der Waals surface area contributed by atoms with Crippen LogP contribution in [0.25, 0.3) is 0 Å². The number of hydrogen-bond acceptors (Lipinski definition) is 3. The van der Waals surface area contributed by atoms with Crippen LogP contribution in [0.15, 0.2) is 30.3 Å². The predicted octanol–water partition coefficient (Wildman–Crippen LogP) is 1.73. The number of rotatable bonds is 7. The summed E-state index contributed by atoms with van der Waals surface area (Å²) in [5.41, 5.74) is 1.13. The Hall–Kier alpha value is -0.900. The van der Waals surface area contributed by atoms with E-state index in [0.29, 0.717) is 26.1 Å². The third kappa shape index (κ3) is 5.85. The van der Waals surface area contributed by atoms with Gasteiger partial charge in [-0.15, -0.1) is 0 Å². The van der Waals surface area contributed by atoms with Gasteiger partial charge >= 0.3 is 0 Å². The summed E-state index contributed by atoms with van der Waals surface area (Å²) in [5.74, 6) is 0. The zero-order chi connectivity index (χ0) is 11.8. The molecule has 1 rings (SSSR count). The van der Waals surface area contributed by atoms with E-state index in [4.69, 9.17) is 9.84 Å². The molecule has 0 saturated heterocycles. The molecule has 0 heterocycles. The number of hydrogen-bond donors (Lipinski definition) is 2. The molecule has 0 fully saturated rings. The van der Waals surface area contributed by atoms with E-state index in [0.717, 1.165) is 5.56 Å². The van der Waals surface area contributed by atoms with E-state index in [9.17, 15) is 5.11 Å². The van der Waals surface area contributed by atoms with Gasteiger partial charge in [-0.1, -0.05) is 30.3 Å². The van der Waals surface area contributed by atoms with Gasteiger partial charge in [-0.05, 0) is 25.3 Å². The second kappa shape index (κ2) is 7.39. The average molecular weight is 224 g/mol. The Morgan fingerprint density at radius 3 is 2.50 bits per heavy atom. The second-order valence-electron chi connectivity index (χ2n) is 4.07. The van der Waals surface area contributed by atoms with Crippen molar-refractivity contribution in [2.75, 3.05) is 6.61 Å². The van der Waals surface area contributed by atoms with Crippen molar-refractivity contribution < 1.29 is 14.9 Å². The fraction of sp³-hybridized carbons (Fsp3) is 0.538. The standard InChI is InChI=1S/C13H20O3/c1-11(14)9-13(15)7-8-16-10-12-5-3-2-4-6-12/h2-6,11,13-15H,7-10H2,1H3/t11-,13+/m1/s1. The SMILES string of the molecule is C[C@@H](O)C[C@@H](O)CCOCc1ccccc1. The van der Waals surface area contributed by atoms with Crippen molar-refractivity contribution in [3.8, 4) is 0 Å². The summed E-state index contributed by atoms with van der Waals surface area (Å²) >= 11 is 0. The van der Waals surface area contributed by atoms with Crippen molar-refractivity contribution in [1.82, 2.24) is 0 Å². The molecule has 0 aliphatic heterocycles. The molecule has 0 spiro atoms. The maximum Gasteiger partial charge on any atom is 0.0716 e. The molecule has 0 aromatic heterocycles. The first kappa shape index (κ1) is 13.2. The number of aliphatic hydroxyl groups is 2. The number of aliphatic hydroxyl groups excluding tert-OH is 2. The van der Waals surface area contributed by atoms with Crippen molar-refractivity contribution in [3.63, 3.8) is 0 Å². The normalized spacial score (nSPS) is 14.7. The van der Waals surface area contributed by atoms with E-state index >= 15 is 0 Å². The zero-order valence-electron chi connectivity index (χ0n) is 9.67. The lowest BCUT2D eigenvalue weighted by Crippen LogP contribution is -2.16. The molecule has 0 bridgehead atoms. The maximum atomic E-state index is 9.48. The lowest BCUT2D eigenvalue weighted by molar-refractivity contribution is 0.0461. The summed E-state index contributed by atoms with van der Waals surface area (Å²) in [5, 5.41) is 18.5. The van der Waals surface area contributed by atoms with Gasteiger partial charge in [0.15, 0.2) is 0 Å². The lowest BCUT2D eigenvalue weighted by Gasteiger charge is -2.12. The summed E-state index contributed by atoms with van der Waals surface area (Å²) in [6.45, 7) is 2.76. The molecule has 1 aromatic carbocycles.